The highest BCUT2D eigenvalue weighted by Crippen LogP contribution is 2.13. The summed E-state index contributed by atoms with van der Waals surface area (Å²) in [5, 5.41) is 3.42. The van der Waals surface area contributed by atoms with Gasteiger partial charge in [-0.15, -0.1) is 0 Å². The van der Waals surface area contributed by atoms with E-state index in [1.807, 2.05) is 12.1 Å². The molecule has 1 aromatic rings. The summed E-state index contributed by atoms with van der Waals surface area (Å²) in [6, 6.07) is 4.65. The van der Waals surface area contributed by atoms with Crippen LogP contribution in [-0.2, 0) is 6.54 Å². The molecule has 3 nitrogen and oxygen atoms in total. The van der Waals surface area contributed by atoms with Crippen molar-refractivity contribution in [3.05, 3.63) is 24.2 Å². The molecule has 1 atom stereocenters. The second kappa shape index (κ2) is 4.62. The summed E-state index contributed by atoms with van der Waals surface area (Å²) in [6.07, 6.45) is 4.38. The fourth-order valence-corrected chi connectivity index (χ4v) is 2.01. The van der Waals surface area contributed by atoms with E-state index < -0.39 is 0 Å². The SMILES string of the molecule is CN1CCCC1CNCc1ccco1. The third-order valence-electron chi connectivity index (χ3n) is 2.93. The first-order valence-corrected chi connectivity index (χ1v) is 5.29. The number of nitrogens with zero attached hydrogens (tertiary/aromatic N) is 1. The van der Waals surface area contributed by atoms with Crippen LogP contribution in [0.15, 0.2) is 22.8 Å². The number of likely N-dealkylation sites (tertiary alicyclic amines) is 1. The topological polar surface area (TPSA) is 28.4 Å². The molecule has 2 rings (SSSR count). The van der Waals surface area contributed by atoms with Crippen molar-refractivity contribution in [3.8, 4) is 0 Å². The maximum absolute atomic E-state index is 5.25. The van der Waals surface area contributed by atoms with Crippen LogP contribution < -0.4 is 5.32 Å². The highest BCUT2D eigenvalue weighted by molar-refractivity contribution is 4.97. The summed E-state index contributed by atoms with van der Waals surface area (Å²) >= 11 is 0. The zero-order valence-corrected chi connectivity index (χ0v) is 8.70. The zero-order chi connectivity index (χ0) is 9.80. The number of furan rings is 1. The van der Waals surface area contributed by atoms with Gasteiger partial charge in [-0.25, -0.2) is 0 Å². The highest BCUT2D eigenvalue weighted by atomic mass is 16.3. The van der Waals surface area contributed by atoms with Gasteiger partial charge < -0.3 is 14.6 Å². The third-order valence-corrected chi connectivity index (χ3v) is 2.93. The average molecular weight is 194 g/mol. The van der Waals surface area contributed by atoms with Gasteiger partial charge in [0.25, 0.3) is 0 Å². The smallest absolute Gasteiger partial charge is 0.117 e. The average Bonchev–Trinajstić information content (AvgIpc) is 2.78. The molecule has 1 saturated heterocycles. The van der Waals surface area contributed by atoms with Crippen molar-refractivity contribution < 1.29 is 4.42 Å². The summed E-state index contributed by atoms with van der Waals surface area (Å²) in [6.45, 7) is 3.15. The molecule has 1 aromatic heterocycles. The lowest BCUT2D eigenvalue weighted by atomic mass is 10.2. The van der Waals surface area contributed by atoms with Gasteiger partial charge in [-0.05, 0) is 38.6 Å². The Hall–Kier alpha value is -0.800. The highest BCUT2D eigenvalue weighted by Gasteiger charge is 2.19. The van der Waals surface area contributed by atoms with Gasteiger partial charge in [-0.2, -0.15) is 0 Å². The van der Waals surface area contributed by atoms with Gasteiger partial charge in [0.1, 0.15) is 5.76 Å². The summed E-state index contributed by atoms with van der Waals surface area (Å²) in [5.41, 5.74) is 0. The van der Waals surface area contributed by atoms with Crippen molar-refractivity contribution in [2.45, 2.75) is 25.4 Å². The number of hydrogen-bond donors (Lipinski definition) is 1. The molecule has 1 aliphatic rings. The summed E-state index contributed by atoms with van der Waals surface area (Å²) < 4.78 is 5.25. The Labute approximate surface area is 85.1 Å². The van der Waals surface area contributed by atoms with Gasteiger partial charge >= 0.3 is 0 Å². The molecule has 1 N–H and O–H groups in total. The van der Waals surface area contributed by atoms with Crippen LogP contribution in [0.5, 0.6) is 0 Å². The van der Waals surface area contributed by atoms with Crippen LogP contribution >= 0.6 is 0 Å². The van der Waals surface area contributed by atoms with Crippen LogP contribution in [0.4, 0.5) is 0 Å². The molecule has 0 radical (unpaired) electrons. The molecular formula is C11H18N2O. The largest absolute Gasteiger partial charge is 0.468 e. The summed E-state index contributed by atoms with van der Waals surface area (Å²) in [7, 11) is 2.20. The molecule has 0 aromatic carbocycles. The standard InChI is InChI=1S/C11H18N2O/c1-13-6-2-4-10(13)8-12-9-11-5-3-7-14-11/h3,5,7,10,12H,2,4,6,8-9H2,1H3. The van der Waals surface area contributed by atoms with E-state index >= 15 is 0 Å². The molecule has 1 unspecified atom stereocenters. The molecule has 0 spiro atoms. The minimum atomic E-state index is 0.713. The predicted molar refractivity (Wildman–Crippen MR) is 56.1 cm³/mol. The molecule has 1 aliphatic heterocycles. The van der Waals surface area contributed by atoms with Crippen molar-refractivity contribution in [3.63, 3.8) is 0 Å². The first-order chi connectivity index (χ1) is 6.86. The van der Waals surface area contributed by atoms with E-state index in [0.29, 0.717) is 6.04 Å². The van der Waals surface area contributed by atoms with E-state index in [1.54, 1.807) is 6.26 Å². The normalized spacial score (nSPS) is 23.1. The maximum atomic E-state index is 5.25. The van der Waals surface area contributed by atoms with Gasteiger partial charge in [0, 0.05) is 12.6 Å². The summed E-state index contributed by atoms with van der Waals surface area (Å²) in [5.74, 6) is 1.02. The zero-order valence-electron chi connectivity index (χ0n) is 8.70. The van der Waals surface area contributed by atoms with Crippen molar-refractivity contribution in [1.29, 1.82) is 0 Å². The molecule has 1 fully saturated rings. The minimum absolute atomic E-state index is 0.713. The second-order valence-electron chi connectivity index (χ2n) is 3.99. The van der Waals surface area contributed by atoms with Crippen molar-refractivity contribution in [2.75, 3.05) is 20.1 Å². The predicted octanol–water partition coefficient (Wildman–Crippen LogP) is 1.46. The van der Waals surface area contributed by atoms with E-state index in [1.165, 1.54) is 19.4 Å². The van der Waals surface area contributed by atoms with Gasteiger partial charge in [-0.3, -0.25) is 0 Å². The van der Waals surface area contributed by atoms with Gasteiger partial charge in [0.2, 0.25) is 0 Å². The monoisotopic (exact) mass is 194 g/mol. The molecule has 0 bridgehead atoms. The molecular weight excluding hydrogens is 176 g/mol. The van der Waals surface area contributed by atoms with Crippen LogP contribution in [-0.4, -0.2) is 31.1 Å². The van der Waals surface area contributed by atoms with E-state index in [-0.39, 0.29) is 0 Å². The summed E-state index contributed by atoms with van der Waals surface area (Å²) in [4.78, 5) is 2.43. The van der Waals surface area contributed by atoms with E-state index in [4.69, 9.17) is 4.42 Å². The van der Waals surface area contributed by atoms with Gasteiger partial charge in [0.15, 0.2) is 0 Å². The maximum Gasteiger partial charge on any atom is 0.117 e. The number of rotatable bonds is 4. The Morgan fingerprint density at radius 1 is 1.64 bits per heavy atom. The Bertz CT molecular complexity index is 258. The van der Waals surface area contributed by atoms with Gasteiger partial charge in [-0.1, -0.05) is 0 Å². The van der Waals surface area contributed by atoms with Crippen LogP contribution in [0, 0.1) is 0 Å². The molecule has 0 saturated carbocycles. The van der Waals surface area contributed by atoms with Crippen molar-refractivity contribution in [2.24, 2.45) is 0 Å². The van der Waals surface area contributed by atoms with Crippen LogP contribution in [0.3, 0.4) is 0 Å². The molecule has 14 heavy (non-hydrogen) atoms. The molecule has 0 aliphatic carbocycles. The first-order valence-electron chi connectivity index (χ1n) is 5.29. The van der Waals surface area contributed by atoms with Crippen LogP contribution in [0.2, 0.25) is 0 Å². The lowest BCUT2D eigenvalue weighted by Crippen LogP contribution is -2.35. The van der Waals surface area contributed by atoms with Gasteiger partial charge in [0.05, 0.1) is 12.8 Å². The quantitative estimate of drug-likeness (QED) is 0.786. The number of nitrogens with one attached hydrogen (secondary N) is 1. The Kier molecular flexibility index (Phi) is 3.22. The fourth-order valence-electron chi connectivity index (χ4n) is 2.01. The Balaban J connectivity index is 1.68. The van der Waals surface area contributed by atoms with Crippen LogP contribution in [0.25, 0.3) is 0 Å². The van der Waals surface area contributed by atoms with Crippen molar-refractivity contribution in [1.82, 2.24) is 10.2 Å². The first kappa shape index (κ1) is 9.74. The Morgan fingerprint density at radius 2 is 2.57 bits per heavy atom. The minimum Gasteiger partial charge on any atom is -0.468 e. The molecule has 3 heteroatoms. The molecule has 2 heterocycles. The van der Waals surface area contributed by atoms with E-state index in [2.05, 4.69) is 17.3 Å². The number of hydrogen-bond acceptors (Lipinski definition) is 3. The number of likely N-dealkylation sites (N-methyl/N-ethyl adjacent to an activating group) is 1. The third kappa shape index (κ3) is 2.36. The van der Waals surface area contributed by atoms with E-state index in [0.717, 1.165) is 18.8 Å². The van der Waals surface area contributed by atoms with Crippen molar-refractivity contribution >= 4 is 0 Å². The van der Waals surface area contributed by atoms with Crippen LogP contribution in [0.1, 0.15) is 18.6 Å². The molecule has 78 valence electrons. The fraction of sp³-hybridized carbons (Fsp3) is 0.636. The lowest BCUT2D eigenvalue weighted by molar-refractivity contribution is 0.297. The second-order valence-corrected chi connectivity index (χ2v) is 3.99. The molecule has 0 amide bonds. The van der Waals surface area contributed by atoms with E-state index in [9.17, 15) is 0 Å². The Morgan fingerprint density at radius 3 is 3.21 bits per heavy atom. The lowest BCUT2D eigenvalue weighted by Gasteiger charge is -2.19.